The lowest BCUT2D eigenvalue weighted by molar-refractivity contribution is -0.138. The van der Waals surface area contributed by atoms with E-state index in [9.17, 15) is 14.7 Å². The van der Waals surface area contributed by atoms with Crippen LogP contribution in [0.5, 0.6) is 5.75 Å². The monoisotopic (exact) mass is 554 g/mol. The first-order chi connectivity index (χ1) is 18.7. The maximum atomic E-state index is 12.6. The third-order valence-corrected chi connectivity index (χ3v) is 8.65. The fourth-order valence-corrected chi connectivity index (χ4v) is 5.66. The minimum absolute atomic E-state index is 0.125. The summed E-state index contributed by atoms with van der Waals surface area (Å²) in [5.41, 5.74) is 4.28. The average Bonchev–Trinajstić information content (AvgIpc) is 3.62. The van der Waals surface area contributed by atoms with Crippen LogP contribution in [0.4, 0.5) is 5.69 Å². The van der Waals surface area contributed by atoms with Gasteiger partial charge in [-0.2, -0.15) is 0 Å². The number of hydrogen-bond acceptors (Lipinski definition) is 7. The molecule has 208 valence electrons. The Hall–Kier alpha value is -3.44. The summed E-state index contributed by atoms with van der Waals surface area (Å²) in [5, 5.41) is 12.9. The van der Waals surface area contributed by atoms with E-state index in [1.807, 2.05) is 24.3 Å². The minimum atomic E-state index is -0.848. The summed E-state index contributed by atoms with van der Waals surface area (Å²) in [6, 6.07) is 8.76. The predicted molar refractivity (Wildman–Crippen MR) is 153 cm³/mol. The van der Waals surface area contributed by atoms with Crippen LogP contribution in [-0.4, -0.2) is 69.0 Å². The number of aliphatic carboxylic acids is 1. The Morgan fingerprint density at radius 3 is 2.82 bits per heavy atom. The molecular weight excluding hydrogens is 520 g/mol. The number of aryl methyl sites for hydroxylation is 1. The quantitative estimate of drug-likeness (QED) is 0.278. The number of ether oxygens (including phenoxy) is 2. The van der Waals surface area contributed by atoms with Crippen LogP contribution in [0.2, 0.25) is 0 Å². The number of nitrogens with one attached hydrogen (secondary N) is 1. The van der Waals surface area contributed by atoms with Crippen molar-refractivity contribution in [2.24, 2.45) is 5.92 Å². The van der Waals surface area contributed by atoms with Crippen molar-refractivity contribution >= 4 is 43.8 Å². The molecule has 11 heteroatoms. The number of oxazole rings is 1. The number of imidazole rings is 1. The van der Waals surface area contributed by atoms with Crippen molar-refractivity contribution in [1.82, 2.24) is 14.1 Å². The SMILES string of the molecule is CS(C)(C)CCOCn1c(=O)oc2ccc(-c3nc4cc(N[C@H](C(=O)O)C5CC5)cc5c4n3CCCO5)cc21. The van der Waals surface area contributed by atoms with Gasteiger partial charge in [0.15, 0.2) is 5.58 Å². The van der Waals surface area contributed by atoms with Crippen molar-refractivity contribution in [2.75, 3.05) is 43.1 Å². The maximum Gasteiger partial charge on any atom is 0.421 e. The van der Waals surface area contributed by atoms with Crippen molar-refractivity contribution in [3.63, 3.8) is 0 Å². The molecule has 0 radical (unpaired) electrons. The molecule has 1 aliphatic heterocycles. The van der Waals surface area contributed by atoms with Gasteiger partial charge in [0.1, 0.15) is 29.9 Å². The van der Waals surface area contributed by atoms with Gasteiger partial charge in [-0.05, 0) is 68.2 Å². The fraction of sp³-hybridized carbons (Fsp3) is 0.464. The molecule has 0 unspecified atom stereocenters. The van der Waals surface area contributed by atoms with Gasteiger partial charge in [-0.15, -0.1) is 0 Å². The highest BCUT2D eigenvalue weighted by molar-refractivity contribution is 8.32. The first kappa shape index (κ1) is 25.8. The summed E-state index contributed by atoms with van der Waals surface area (Å²) in [6.07, 6.45) is 9.34. The lowest BCUT2D eigenvalue weighted by atomic mass is 10.1. The van der Waals surface area contributed by atoms with Gasteiger partial charge in [0.25, 0.3) is 0 Å². The van der Waals surface area contributed by atoms with Crippen molar-refractivity contribution < 1.29 is 23.8 Å². The summed E-state index contributed by atoms with van der Waals surface area (Å²) in [4.78, 5) is 29.4. The van der Waals surface area contributed by atoms with Crippen LogP contribution < -0.4 is 15.8 Å². The molecule has 0 saturated heterocycles. The molecule has 3 heterocycles. The third kappa shape index (κ3) is 5.25. The van der Waals surface area contributed by atoms with E-state index in [2.05, 4.69) is 28.7 Å². The van der Waals surface area contributed by atoms with Crippen molar-refractivity contribution in [1.29, 1.82) is 0 Å². The zero-order valence-electron chi connectivity index (χ0n) is 22.4. The van der Waals surface area contributed by atoms with Gasteiger partial charge in [-0.25, -0.2) is 29.2 Å². The Labute approximate surface area is 227 Å². The highest BCUT2D eigenvalue weighted by Crippen LogP contribution is 2.39. The van der Waals surface area contributed by atoms with E-state index in [1.54, 1.807) is 6.07 Å². The van der Waals surface area contributed by atoms with Gasteiger partial charge >= 0.3 is 11.7 Å². The van der Waals surface area contributed by atoms with Gasteiger partial charge in [-0.3, -0.25) is 0 Å². The molecule has 0 bridgehead atoms. The molecule has 39 heavy (non-hydrogen) atoms. The standard InChI is InChI=1S/C28H34N4O6S/c1-39(2,3)12-11-36-16-32-21-13-18(7-8-22(21)38-28(32)35)26-30-20-14-19(29-24(27(33)34)17-5-6-17)15-23-25(20)31(26)9-4-10-37-23/h7-8,13-15,17,24,29H,4-6,9-12,16H2,1-3H3,(H,33,34)/t24-/m0/s1. The first-order valence-corrected chi connectivity index (χ1v) is 16.2. The van der Waals surface area contributed by atoms with E-state index in [1.165, 1.54) is 4.57 Å². The van der Waals surface area contributed by atoms with Gasteiger partial charge in [-0.1, -0.05) is 0 Å². The molecule has 10 nitrogen and oxygen atoms in total. The van der Waals surface area contributed by atoms with Crippen molar-refractivity contribution in [3.8, 4) is 17.1 Å². The number of fused-ring (bicyclic) bond motifs is 1. The molecule has 0 spiro atoms. The van der Waals surface area contributed by atoms with Gasteiger partial charge in [0, 0.05) is 29.6 Å². The Bertz CT molecular complexity index is 1610. The van der Waals surface area contributed by atoms with Crippen LogP contribution in [0.1, 0.15) is 19.3 Å². The van der Waals surface area contributed by atoms with E-state index < -0.39 is 27.8 Å². The predicted octanol–water partition coefficient (Wildman–Crippen LogP) is 4.34. The number of nitrogens with zero attached hydrogens (tertiary/aromatic N) is 3. The van der Waals surface area contributed by atoms with Crippen LogP contribution in [0, 0.1) is 5.92 Å². The van der Waals surface area contributed by atoms with E-state index in [0.717, 1.165) is 54.0 Å². The Balaban J connectivity index is 1.36. The summed E-state index contributed by atoms with van der Waals surface area (Å²) in [6.45, 7) is 1.98. The lowest BCUT2D eigenvalue weighted by Crippen LogP contribution is -2.31. The largest absolute Gasteiger partial charge is 0.491 e. The second-order valence-electron chi connectivity index (χ2n) is 11.2. The second-order valence-corrected chi connectivity index (χ2v) is 15.8. The highest BCUT2D eigenvalue weighted by atomic mass is 32.3. The number of anilines is 1. The first-order valence-electron chi connectivity index (χ1n) is 13.2. The second kappa shape index (κ2) is 9.95. The normalized spacial score (nSPS) is 16.7. The average molecular weight is 555 g/mol. The van der Waals surface area contributed by atoms with E-state index >= 15 is 0 Å². The number of aromatic nitrogens is 3. The molecule has 1 atom stereocenters. The van der Waals surface area contributed by atoms with Crippen LogP contribution in [0.25, 0.3) is 33.5 Å². The summed E-state index contributed by atoms with van der Waals surface area (Å²) in [7, 11) is -0.688. The molecule has 0 amide bonds. The number of hydrogen-bond donors (Lipinski definition) is 2. The molecule has 2 aromatic heterocycles. The summed E-state index contributed by atoms with van der Waals surface area (Å²) >= 11 is 0. The molecule has 4 aromatic rings. The van der Waals surface area contributed by atoms with E-state index in [4.69, 9.17) is 18.9 Å². The Morgan fingerprint density at radius 2 is 2.08 bits per heavy atom. The number of benzene rings is 2. The molecular formula is C28H34N4O6S. The number of rotatable bonds is 10. The zero-order chi connectivity index (χ0) is 27.3. The molecule has 1 aliphatic carbocycles. The summed E-state index contributed by atoms with van der Waals surface area (Å²) in [5.74, 6) is 1.24. The van der Waals surface area contributed by atoms with Crippen LogP contribution in [0.15, 0.2) is 39.5 Å². The minimum Gasteiger partial charge on any atom is -0.491 e. The lowest BCUT2D eigenvalue weighted by Gasteiger charge is -2.24. The molecule has 6 rings (SSSR count). The fourth-order valence-electron chi connectivity index (χ4n) is 5.04. The number of carbonyl (C=O) groups is 1. The smallest absolute Gasteiger partial charge is 0.421 e. The van der Waals surface area contributed by atoms with Crippen molar-refractivity contribution in [2.45, 2.75) is 38.6 Å². The van der Waals surface area contributed by atoms with Crippen molar-refractivity contribution in [3.05, 3.63) is 40.9 Å². The Kier molecular flexibility index (Phi) is 6.58. The van der Waals surface area contributed by atoms with Gasteiger partial charge in [0.2, 0.25) is 0 Å². The summed E-state index contributed by atoms with van der Waals surface area (Å²) < 4.78 is 21.1. The Morgan fingerprint density at radius 1 is 1.26 bits per heavy atom. The third-order valence-electron chi connectivity index (χ3n) is 7.26. The van der Waals surface area contributed by atoms with Gasteiger partial charge in [0.05, 0.1) is 24.2 Å². The molecule has 1 fully saturated rings. The van der Waals surface area contributed by atoms with Crippen LogP contribution in [0.3, 0.4) is 0 Å². The molecule has 2 aliphatic rings. The molecule has 2 N–H and O–H groups in total. The number of carboxylic acid groups (broad SMARTS) is 1. The van der Waals surface area contributed by atoms with Gasteiger partial charge < -0.3 is 28.9 Å². The van der Waals surface area contributed by atoms with Crippen LogP contribution in [-0.2, 0) is 22.8 Å². The van der Waals surface area contributed by atoms with E-state index in [0.29, 0.717) is 35.8 Å². The maximum absolute atomic E-state index is 12.6. The zero-order valence-corrected chi connectivity index (χ0v) is 23.3. The topological polar surface area (TPSA) is 121 Å². The molecule has 2 aromatic carbocycles. The number of carboxylic acids is 1. The van der Waals surface area contributed by atoms with E-state index in [-0.39, 0.29) is 12.6 Å². The van der Waals surface area contributed by atoms with Crippen LogP contribution >= 0.6 is 10.0 Å². The molecule has 1 saturated carbocycles. The highest BCUT2D eigenvalue weighted by Gasteiger charge is 2.36.